The highest BCUT2D eigenvalue weighted by Gasteiger charge is 2.02. The molecule has 0 unspecified atom stereocenters. The van der Waals surface area contributed by atoms with E-state index in [4.69, 9.17) is 16.3 Å². The van der Waals surface area contributed by atoms with Crippen molar-refractivity contribution in [3.63, 3.8) is 0 Å². The van der Waals surface area contributed by atoms with Gasteiger partial charge in [-0.25, -0.2) is 0 Å². The van der Waals surface area contributed by atoms with Gasteiger partial charge in [-0.05, 0) is 44.2 Å². The molecule has 0 aliphatic rings. The predicted octanol–water partition coefficient (Wildman–Crippen LogP) is 3.63. The lowest BCUT2D eigenvalue weighted by Crippen LogP contribution is -2.03. The minimum Gasteiger partial charge on any atom is -0.487 e. The van der Waals surface area contributed by atoms with Crippen LogP contribution >= 0.6 is 11.6 Å². The SMILES string of the molecule is CC(C)n1ccc(COc2ccc(C#CCCl)cc2)n1. The molecule has 20 heavy (non-hydrogen) atoms. The topological polar surface area (TPSA) is 27.1 Å². The summed E-state index contributed by atoms with van der Waals surface area (Å²) in [5.74, 6) is 6.92. The molecule has 4 heteroatoms. The number of hydrogen-bond donors (Lipinski definition) is 0. The van der Waals surface area contributed by atoms with Gasteiger partial charge in [-0.3, -0.25) is 4.68 Å². The number of benzene rings is 1. The van der Waals surface area contributed by atoms with Gasteiger partial charge in [0.25, 0.3) is 0 Å². The van der Waals surface area contributed by atoms with E-state index in [1.54, 1.807) is 0 Å². The van der Waals surface area contributed by atoms with Crippen molar-refractivity contribution in [1.29, 1.82) is 0 Å². The molecule has 0 saturated carbocycles. The van der Waals surface area contributed by atoms with E-state index in [0.29, 0.717) is 18.5 Å². The van der Waals surface area contributed by atoms with Crippen LogP contribution in [0, 0.1) is 11.8 Å². The average Bonchev–Trinajstić information content (AvgIpc) is 2.93. The Labute approximate surface area is 124 Å². The van der Waals surface area contributed by atoms with Crippen molar-refractivity contribution < 1.29 is 4.74 Å². The summed E-state index contributed by atoms with van der Waals surface area (Å²) in [4.78, 5) is 0. The molecule has 3 nitrogen and oxygen atoms in total. The smallest absolute Gasteiger partial charge is 0.132 e. The molecule has 104 valence electrons. The maximum Gasteiger partial charge on any atom is 0.132 e. The minimum atomic E-state index is 0.344. The van der Waals surface area contributed by atoms with Crippen molar-refractivity contribution in [1.82, 2.24) is 9.78 Å². The van der Waals surface area contributed by atoms with Crippen LogP contribution in [0.5, 0.6) is 5.75 Å². The molecular formula is C16H17ClN2O. The first kappa shape index (κ1) is 14.5. The summed E-state index contributed by atoms with van der Waals surface area (Å²) >= 11 is 5.52. The maximum absolute atomic E-state index is 5.69. The van der Waals surface area contributed by atoms with E-state index in [1.165, 1.54) is 0 Å². The molecule has 0 radical (unpaired) electrons. The molecule has 1 aromatic heterocycles. The molecule has 2 aromatic rings. The fourth-order valence-corrected chi connectivity index (χ4v) is 1.74. The van der Waals surface area contributed by atoms with Gasteiger partial charge in [0.2, 0.25) is 0 Å². The number of alkyl halides is 1. The van der Waals surface area contributed by atoms with Crippen LogP contribution in [0.15, 0.2) is 36.5 Å². The Morgan fingerprint density at radius 3 is 2.60 bits per heavy atom. The van der Waals surface area contributed by atoms with Gasteiger partial charge in [-0.15, -0.1) is 11.6 Å². The second-order valence-electron chi connectivity index (χ2n) is 4.63. The zero-order valence-electron chi connectivity index (χ0n) is 11.6. The van der Waals surface area contributed by atoms with Crippen LogP contribution in [0.4, 0.5) is 0 Å². The third-order valence-electron chi connectivity index (χ3n) is 2.73. The number of rotatable bonds is 4. The molecule has 1 aromatic carbocycles. The van der Waals surface area contributed by atoms with Crippen molar-refractivity contribution in [2.24, 2.45) is 0 Å². The number of hydrogen-bond acceptors (Lipinski definition) is 2. The van der Waals surface area contributed by atoms with Crippen LogP contribution in [0.1, 0.15) is 31.1 Å². The first-order valence-corrected chi connectivity index (χ1v) is 7.04. The predicted molar refractivity (Wildman–Crippen MR) is 81.0 cm³/mol. The van der Waals surface area contributed by atoms with E-state index in [9.17, 15) is 0 Å². The first-order valence-electron chi connectivity index (χ1n) is 6.51. The van der Waals surface area contributed by atoms with Crippen LogP contribution in [0.25, 0.3) is 0 Å². The number of halogens is 1. The average molecular weight is 289 g/mol. The second-order valence-corrected chi connectivity index (χ2v) is 4.90. The Balaban J connectivity index is 1.93. The Kier molecular flexibility index (Phi) is 5.09. The standard InChI is InChI=1S/C16H17ClN2O/c1-13(2)19-11-9-15(18-19)12-20-16-7-5-14(6-8-16)4-3-10-17/h5-9,11,13H,10,12H2,1-2H3. The number of aromatic nitrogens is 2. The Hall–Kier alpha value is -1.92. The monoisotopic (exact) mass is 288 g/mol. The summed E-state index contributed by atoms with van der Waals surface area (Å²) in [6.45, 7) is 4.66. The van der Waals surface area contributed by atoms with Crippen molar-refractivity contribution in [3.05, 3.63) is 47.8 Å². The molecular weight excluding hydrogens is 272 g/mol. The first-order chi connectivity index (χ1) is 9.69. The summed E-state index contributed by atoms with van der Waals surface area (Å²) in [5.41, 5.74) is 1.85. The van der Waals surface area contributed by atoms with Crippen molar-refractivity contribution in [2.75, 3.05) is 5.88 Å². The fraction of sp³-hybridized carbons (Fsp3) is 0.312. The fourth-order valence-electron chi connectivity index (χ4n) is 1.67. The van der Waals surface area contributed by atoms with E-state index < -0.39 is 0 Å². The zero-order chi connectivity index (χ0) is 14.4. The molecule has 0 atom stereocenters. The summed E-state index contributed by atoms with van der Waals surface area (Å²) in [5, 5.41) is 4.44. The van der Waals surface area contributed by atoms with Crippen LogP contribution in [-0.2, 0) is 6.61 Å². The quantitative estimate of drug-likeness (QED) is 0.634. The molecule has 0 N–H and O–H groups in total. The molecule has 2 rings (SSSR count). The highest BCUT2D eigenvalue weighted by Crippen LogP contribution is 2.14. The summed E-state index contributed by atoms with van der Waals surface area (Å²) in [7, 11) is 0. The van der Waals surface area contributed by atoms with E-state index in [1.807, 2.05) is 41.2 Å². The highest BCUT2D eigenvalue weighted by atomic mass is 35.5. The minimum absolute atomic E-state index is 0.344. The normalized spacial score (nSPS) is 10.2. The Bertz CT molecular complexity index is 605. The number of nitrogens with zero attached hydrogens (tertiary/aromatic N) is 2. The van der Waals surface area contributed by atoms with Crippen molar-refractivity contribution >= 4 is 11.6 Å². The molecule has 0 amide bonds. The van der Waals surface area contributed by atoms with Gasteiger partial charge in [0.15, 0.2) is 0 Å². The number of ether oxygens (including phenoxy) is 1. The van der Waals surface area contributed by atoms with Gasteiger partial charge in [0.1, 0.15) is 12.4 Å². The van der Waals surface area contributed by atoms with E-state index in [2.05, 4.69) is 30.8 Å². The lowest BCUT2D eigenvalue weighted by atomic mass is 10.2. The van der Waals surface area contributed by atoms with Crippen LogP contribution < -0.4 is 4.74 Å². The molecule has 0 aliphatic heterocycles. The van der Waals surface area contributed by atoms with Gasteiger partial charge in [-0.1, -0.05) is 11.8 Å². The van der Waals surface area contributed by atoms with Crippen LogP contribution in [0.3, 0.4) is 0 Å². The van der Waals surface area contributed by atoms with E-state index >= 15 is 0 Å². The third kappa shape index (κ3) is 4.04. The Morgan fingerprint density at radius 2 is 2.00 bits per heavy atom. The summed E-state index contributed by atoms with van der Waals surface area (Å²) < 4.78 is 7.61. The molecule has 0 spiro atoms. The van der Waals surface area contributed by atoms with Gasteiger partial charge in [0, 0.05) is 17.8 Å². The van der Waals surface area contributed by atoms with Crippen LogP contribution in [0.2, 0.25) is 0 Å². The lowest BCUT2D eigenvalue weighted by Gasteiger charge is -2.05. The molecule has 1 heterocycles. The van der Waals surface area contributed by atoms with E-state index in [-0.39, 0.29) is 0 Å². The van der Waals surface area contributed by atoms with Crippen molar-refractivity contribution in [2.45, 2.75) is 26.5 Å². The molecule has 0 fully saturated rings. The van der Waals surface area contributed by atoms with Gasteiger partial charge < -0.3 is 4.74 Å². The van der Waals surface area contributed by atoms with Gasteiger partial charge in [0.05, 0.1) is 11.6 Å². The Morgan fingerprint density at radius 1 is 1.25 bits per heavy atom. The van der Waals surface area contributed by atoms with Gasteiger partial charge >= 0.3 is 0 Å². The molecule has 0 bridgehead atoms. The zero-order valence-corrected chi connectivity index (χ0v) is 12.4. The highest BCUT2D eigenvalue weighted by molar-refractivity contribution is 6.19. The van der Waals surface area contributed by atoms with Crippen molar-refractivity contribution in [3.8, 4) is 17.6 Å². The molecule has 0 saturated heterocycles. The lowest BCUT2D eigenvalue weighted by molar-refractivity contribution is 0.298. The largest absolute Gasteiger partial charge is 0.487 e. The summed E-state index contributed by atoms with van der Waals surface area (Å²) in [6, 6.07) is 9.97. The van der Waals surface area contributed by atoms with Crippen LogP contribution in [-0.4, -0.2) is 15.7 Å². The third-order valence-corrected chi connectivity index (χ3v) is 2.87. The van der Waals surface area contributed by atoms with E-state index in [0.717, 1.165) is 17.0 Å². The summed E-state index contributed by atoms with van der Waals surface area (Å²) in [6.07, 6.45) is 1.97. The maximum atomic E-state index is 5.69. The second kappa shape index (κ2) is 7.02. The van der Waals surface area contributed by atoms with Gasteiger partial charge in [-0.2, -0.15) is 5.10 Å². The molecule has 0 aliphatic carbocycles.